The van der Waals surface area contributed by atoms with Gasteiger partial charge in [-0.3, -0.25) is 14.4 Å². The van der Waals surface area contributed by atoms with E-state index in [1.807, 2.05) is 0 Å². The molecule has 0 radical (unpaired) electrons. The summed E-state index contributed by atoms with van der Waals surface area (Å²) in [7, 11) is 0. The first-order chi connectivity index (χ1) is 15.9. The summed E-state index contributed by atoms with van der Waals surface area (Å²) in [6.07, 6.45) is 1.80. The van der Waals surface area contributed by atoms with Gasteiger partial charge in [-0.05, 0) is 43.2 Å². The minimum atomic E-state index is -0.755. The Morgan fingerprint density at radius 2 is 1.82 bits per heavy atom. The highest BCUT2D eigenvalue weighted by Gasteiger charge is 2.34. The van der Waals surface area contributed by atoms with Crippen LogP contribution in [0.3, 0.4) is 0 Å². The van der Waals surface area contributed by atoms with Crippen LogP contribution in [0.1, 0.15) is 34.7 Å². The fraction of sp³-hybridized carbons (Fsp3) is 0.192. The van der Waals surface area contributed by atoms with Crippen LogP contribution in [0.15, 0.2) is 74.9 Å². The first kappa shape index (κ1) is 20.8. The van der Waals surface area contributed by atoms with Gasteiger partial charge in [-0.1, -0.05) is 24.3 Å². The molecule has 0 fully saturated rings. The van der Waals surface area contributed by atoms with Crippen LogP contribution in [0.2, 0.25) is 0 Å². The molecule has 33 heavy (non-hydrogen) atoms. The van der Waals surface area contributed by atoms with Crippen molar-refractivity contribution in [1.29, 1.82) is 0 Å². The molecule has 2 aromatic carbocycles. The van der Waals surface area contributed by atoms with E-state index in [4.69, 9.17) is 9.15 Å². The summed E-state index contributed by atoms with van der Waals surface area (Å²) in [5.74, 6) is -0.886. The minimum absolute atomic E-state index is 0.119. The number of para-hydroxylation sites is 1. The standard InChI is InChI=1S/C26H21NO6/c1-15-12-22-24(26(31)27(15)11-10-16-6-8-17(28)9-7-16)19(13-23(29)33-22)20-14-32-21-5-3-2-4-18(21)25(20)30/h2-9,12,14,19,28H,10-11,13H2,1H3. The maximum Gasteiger partial charge on any atom is 0.312 e. The van der Waals surface area contributed by atoms with Gasteiger partial charge in [0, 0.05) is 29.8 Å². The molecule has 2 aromatic heterocycles. The number of hydrogen-bond acceptors (Lipinski definition) is 6. The number of aromatic hydroxyl groups is 1. The van der Waals surface area contributed by atoms with Gasteiger partial charge in [0.25, 0.3) is 5.56 Å². The summed E-state index contributed by atoms with van der Waals surface area (Å²) in [6.45, 7) is 2.18. The molecule has 7 heteroatoms. The minimum Gasteiger partial charge on any atom is -0.508 e. The van der Waals surface area contributed by atoms with E-state index in [1.54, 1.807) is 66.1 Å². The molecule has 3 heterocycles. The molecular formula is C26H21NO6. The molecule has 1 aliphatic rings. The van der Waals surface area contributed by atoms with E-state index < -0.39 is 11.9 Å². The number of phenols is 1. The number of phenolic OH excluding ortho intramolecular Hbond substituents is 1. The number of esters is 1. The van der Waals surface area contributed by atoms with Crippen LogP contribution in [-0.2, 0) is 17.8 Å². The summed E-state index contributed by atoms with van der Waals surface area (Å²) in [4.78, 5) is 39.1. The lowest BCUT2D eigenvalue weighted by molar-refractivity contribution is -0.135. The second-order valence-electron chi connectivity index (χ2n) is 8.18. The van der Waals surface area contributed by atoms with Gasteiger partial charge in [-0.25, -0.2) is 0 Å². The molecule has 0 bridgehead atoms. The van der Waals surface area contributed by atoms with E-state index in [-0.39, 0.29) is 40.0 Å². The molecule has 1 N–H and O–H groups in total. The number of fused-ring (bicyclic) bond motifs is 2. The number of ether oxygens (including phenoxy) is 1. The second-order valence-corrected chi connectivity index (χ2v) is 8.18. The number of carbonyl (C=O) groups is 1. The lowest BCUT2D eigenvalue weighted by Gasteiger charge is -2.25. The van der Waals surface area contributed by atoms with Crippen LogP contribution < -0.4 is 15.7 Å². The predicted molar refractivity (Wildman–Crippen MR) is 122 cm³/mol. The SMILES string of the molecule is Cc1cc2c(c(=O)n1CCc1ccc(O)cc1)C(c1coc3ccccc3c1=O)CC(=O)O2. The fourth-order valence-electron chi connectivity index (χ4n) is 4.37. The van der Waals surface area contributed by atoms with Gasteiger partial charge in [0.15, 0.2) is 5.43 Å². The monoisotopic (exact) mass is 443 g/mol. The number of nitrogens with zero attached hydrogens (tertiary/aromatic N) is 1. The van der Waals surface area contributed by atoms with Crippen LogP contribution in [0.25, 0.3) is 11.0 Å². The normalized spacial score (nSPS) is 15.3. The average molecular weight is 443 g/mol. The van der Waals surface area contributed by atoms with Crippen LogP contribution in [0.5, 0.6) is 11.5 Å². The van der Waals surface area contributed by atoms with E-state index in [9.17, 15) is 19.5 Å². The average Bonchev–Trinajstić information content (AvgIpc) is 2.80. The Morgan fingerprint density at radius 1 is 1.06 bits per heavy atom. The second kappa shape index (κ2) is 8.09. The number of aromatic nitrogens is 1. The van der Waals surface area contributed by atoms with E-state index in [1.165, 1.54) is 6.26 Å². The highest BCUT2D eigenvalue weighted by atomic mass is 16.5. The number of benzene rings is 2. The predicted octanol–water partition coefficient (Wildman–Crippen LogP) is 3.65. The Labute approximate surface area is 188 Å². The Hall–Kier alpha value is -4.13. The molecule has 4 aromatic rings. The Bertz CT molecular complexity index is 1500. The molecule has 0 spiro atoms. The number of carbonyl (C=O) groups excluding carboxylic acids is 1. The first-order valence-electron chi connectivity index (χ1n) is 10.7. The summed E-state index contributed by atoms with van der Waals surface area (Å²) >= 11 is 0. The Balaban J connectivity index is 1.60. The molecule has 1 atom stereocenters. The largest absolute Gasteiger partial charge is 0.508 e. The van der Waals surface area contributed by atoms with Crippen molar-refractivity contribution in [2.45, 2.75) is 32.2 Å². The third kappa shape index (κ3) is 3.71. The summed E-state index contributed by atoms with van der Waals surface area (Å²) in [6, 6.07) is 15.4. The topological polar surface area (TPSA) is 98.7 Å². The molecular weight excluding hydrogens is 422 g/mol. The maximum atomic E-state index is 13.6. The van der Waals surface area contributed by atoms with Gasteiger partial charge >= 0.3 is 5.97 Å². The van der Waals surface area contributed by atoms with E-state index in [0.29, 0.717) is 29.6 Å². The third-order valence-corrected chi connectivity index (χ3v) is 6.09. The van der Waals surface area contributed by atoms with Gasteiger partial charge in [-0.2, -0.15) is 0 Å². The lowest BCUT2D eigenvalue weighted by atomic mass is 9.87. The van der Waals surface area contributed by atoms with Gasteiger partial charge in [0.05, 0.1) is 23.6 Å². The first-order valence-corrected chi connectivity index (χ1v) is 10.7. The van der Waals surface area contributed by atoms with E-state index >= 15 is 0 Å². The molecule has 1 aliphatic heterocycles. The van der Waals surface area contributed by atoms with Crippen LogP contribution in [0.4, 0.5) is 0 Å². The number of pyridine rings is 1. The van der Waals surface area contributed by atoms with Gasteiger partial charge in [-0.15, -0.1) is 0 Å². The quantitative estimate of drug-likeness (QED) is 0.484. The molecule has 0 saturated carbocycles. The summed E-state index contributed by atoms with van der Waals surface area (Å²) < 4.78 is 12.7. The third-order valence-electron chi connectivity index (χ3n) is 6.09. The Morgan fingerprint density at radius 3 is 2.61 bits per heavy atom. The number of aryl methyl sites for hydroxylation is 2. The van der Waals surface area contributed by atoms with Gasteiger partial charge in [0.2, 0.25) is 0 Å². The van der Waals surface area contributed by atoms with Gasteiger partial charge < -0.3 is 18.8 Å². The molecule has 5 rings (SSSR count). The van der Waals surface area contributed by atoms with Crippen LogP contribution in [-0.4, -0.2) is 15.6 Å². The zero-order chi connectivity index (χ0) is 23.1. The van der Waals surface area contributed by atoms with E-state index in [0.717, 1.165) is 5.56 Å². The van der Waals surface area contributed by atoms with Crippen molar-refractivity contribution >= 4 is 16.9 Å². The van der Waals surface area contributed by atoms with Crippen LogP contribution >= 0.6 is 0 Å². The van der Waals surface area contributed by atoms with Crippen molar-refractivity contribution in [3.8, 4) is 11.5 Å². The zero-order valence-corrected chi connectivity index (χ0v) is 17.9. The molecule has 0 aliphatic carbocycles. The Kier molecular flexibility index (Phi) is 5.09. The molecule has 7 nitrogen and oxygen atoms in total. The van der Waals surface area contributed by atoms with Crippen molar-refractivity contribution in [1.82, 2.24) is 4.57 Å². The maximum absolute atomic E-state index is 13.6. The highest BCUT2D eigenvalue weighted by Crippen LogP contribution is 2.36. The van der Waals surface area contributed by atoms with Crippen molar-refractivity contribution in [3.05, 3.63) is 104 Å². The van der Waals surface area contributed by atoms with E-state index in [2.05, 4.69) is 0 Å². The molecule has 1 unspecified atom stereocenters. The highest BCUT2D eigenvalue weighted by molar-refractivity contribution is 5.80. The fourth-order valence-corrected chi connectivity index (χ4v) is 4.37. The van der Waals surface area contributed by atoms with Crippen molar-refractivity contribution < 1.29 is 19.1 Å². The molecule has 166 valence electrons. The lowest BCUT2D eigenvalue weighted by Crippen LogP contribution is -2.35. The van der Waals surface area contributed by atoms with Crippen molar-refractivity contribution in [3.63, 3.8) is 0 Å². The zero-order valence-electron chi connectivity index (χ0n) is 17.9. The summed E-state index contributed by atoms with van der Waals surface area (Å²) in [5, 5.41) is 9.88. The van der Waals surface area contributed by atoms with Crippen molar-refractivity contribution in [2.24, 2.45) is 0 Å². The van der Waals surface area contributed by atoms with Crippen molar-refractivity contribution in [2.75, 3.05) is 0 Å². The van der Waals surface area contributed by atoms with Gasteiger partial charge in [0.1, 0.15) is 17.1 Å². The van der Waals surface area contributed by atoms with Crippen LogP contribution in [0, 0.1) is 6.92 Å². The smallest absolute Gasteiger partial charge is 0.312 e. The molecule has 0 saturated heterocycles. The number of rotatable bonds is 4. The number of hydrogen-bond donors (Lipinski definition) is 1. The molecule has 0 amide bonds. The summed E-state index contributed by atoms with van der Waals surface area (Å²) in [5.41, 5.74) is 2.05.